The predicted octanol–water partition coefficient (Wildman–Crippen LogP) is 1.75. The minimum Gasteiger partial charge on any atom is -0.507 e. The molecule has 15 heavy (non-hydrogen) atoms. The van der Waals surface area contributed by atoms with Crippen molar-refractivity contribution in [2.75, 3.05) is 0 Å². The van der Waals surface area contributed by atoms with Crippen LogP contribution in [0.15, 0.2) is 17.0 Å². The van der Waals surface area contributed by atoms with E-state index in [-0.39, 0.29) is 16.2 Å². The zero-order chi connectivity index (χ0) is 11.6. The van der Waals surface area contributed by atoms with Crippen LogP contribution in [0.3, 0.4) is 0 Å². The predicted molar refractivity (Wildman–Crippen MR) is 55.2 cm³/mol. The minimum atomic E-state index is -3.88. The molecule has 0 aliphatic heterocycles. The molecule has 0 unspecified atom stereocenters. The lowest BCUT2D eigenvalue weighted by molar-refractivity contribution is 0.470. The fourth-order valence-corrected chi connectivity index (χ4v) is 2.01. The summed E-state index contributed by atoms with van der Waals surface area (Å²) in [4.78, 5) is -0.197. The lowest BCUT2D eigenvalue weighted by atomic mass is 10.1. The van der Waals surface area contributed by atoms with Crippen molar-refractivity contribution in [3.05, 3.63) is 23.3 Å². The van der Waals surface area contributed by atoms with Crippen molar-refractivity contribution in [1.82, 2.24) is 0 Å². The average molecular weight is 246 g/mol. The molecule has 1 aromatic carbocycles. The fraction of sp³-hybridized carbons (Fsp3) is 0.222. The standard InChI is InChI=1S/C9H8ClNO3S/c1-2-6-3-7(15(10,13)14)4-9(12)8(6)5-11/h3-4,12H,2H2,1H3. The second-order valence-corrected chi connectivity index (χ2v) is 5.45. The topological polar surface area (TPSA) is 78.2 Å². The number of hydrogen-bond acceptors (Lipinski definition) is 4. The van der Waals surface area contributed by atoms with E-state index in [0.29, 0.717) is 12.0 Å². The zero-order valence-electron chi connectivity index (χ0n) is 7.86. The lowest BCUT2D eigenvalue weighted by Gasteiger charge is -2.05. The van der Waals surface area contributed by atoms with Crippen LogP contribution in [-0.2, 0) is 15.5 Å². The van der Waals surface area contributed by atoms with Gasteiger partial charge in [-0.15, -0.1) is 0 Å². The molecule has 0 heterocycles. The van der Waals surface area contributed by atoms with Crippen LogP contribution < -0.4 is 0 Å². The Labute approximate surface area is 92.1 Å². The van der Waals surface area contributed by atoms with Gasteiger partial charge < -0.3 is 5.11 Å². The molecule has 0 saturated carbocycles. The number of benzene rings is 1. The van der Waals surface area contributed by atoms with Gasteiger partial charge in [-0.2, -0.15) is 5.26 Å². The van der Waals surface area contributed by atoms with Crippen molar-refractivity contribution in [2.45, 2.75) is 18.2 Å². The maximum Gasteiger partial charge on any atom is 0.261 e. The Balaban J connectivity index is 3.54. The quantitative estimate of drug-likeness (QED) is 0.806. The molecule has 0 radical (unpaired) electrons. The second-order valence-electron chi connectivity index (χ2n) is 2.88. The van der Waals surface area contributed by atoms with E-state index >= 15 is 0 Å². The Bertz CT molecular complexity index is 531. The van der Waals surface area contributed by atoms with Gasteiger partial charge >= 0.3 is 0 Å². The van der Waals surface area contributed by atoms with Gasteiger partial charge in [0.1, 0.15) is 11.8 Å². The monoisotopic (exact) mass is 245 g/mol. The van der Waals surface area contributed by atoms with E-state index in [2.05, 4.69) is 0 Å². The highest BCUT2D eigenvalue weighted by Crippen LogP contribution is 2.27. The Morgan fingerprint density at radius 3 is 2.53 bits per heavy atom. The molecule has 4 nitrogen and oxygen atoms in total. The highest BCUT2D eigenvalue weighted by Gasteiger charge is 2.16. The van der Waals surface area contributed by atoms with Gasteiger partial charge in [-0.1, -0.05) is 6.92 Å². The van der Waals surface area contributed by atoms with Gasteiger partial charge in [-0.3, -0.25) is 0 Å². The lowest BCUT2D eigenvalue weighted by Crippen LogP contribution is -1.96. The van der Waals surface area contributed by atoms with E-state index < -0.39 is 9.05 Å². The Morgan fingerprint density at radius 2 is 2.13 bits per heavy atom. The zero-order valence-corrected chi connectivity index (χ0v) is 9.43. The summed E-state index contributed by atoms with van der Waals surface area (Å²) >= 11 is 0. The summed E-state index contributed by atoms with van der Waals surface area (Å²) in [6.45, 7) is 1.75. The summed E-state index contributed by atoms with van der Waals surface area (Å²) in [5.41, 5.74) is 0.540. The number of nitriles is 1. The molecule has 1 aromatic rings. The summed E-state index contributed by atoms with van der Waals surface area (Å²) in [5.74, 6) is -0.365. The van der Waals surface area contributed by atoms with Crippen LogP contribution in [0.2, 0.25) is 0 Å². The van der Waals surface area contributed by atoms with E-state index in [1.807, 2.05) is 0 Å². The van der Waals surface area contributed by atoms with Crippen LogP contribution in [0, 0.1) is 11.3 Å². The van der Waals surface area contributed by atoms with Gasteiger partial charge in [0, 0.05) is 16.7 Å². The van der Waals surface area contributed by atoms with Crippen LogP contribution in [0.1, 0.15) is 18.1 Å². The van der Waals surface area contributed by atoms with Crippen LogP contribution in [0.4, 0.5) is 0 Å². The van der Waals surface area contributed by atoms with Crippen molar-refractivity contribution >= 4 is 19.7 Å². The summed E-state index contributed by atoms with van der Waals surface area (Å²) in [5, 5.41) is 18.2. The first-order chi connectivity index (χ1) is 6.90. The minimum absolute atomic E-state index is 0.0848. The Hall–Kier alpha value is -1.25. The van der Waals surface area contributed by atoms with Crippen LogP contribution in [0.25, 0.3) is 0 Å². The number of halogens is 1. The summed E-state index contributed by atoms with van der Waals surface area (Å²) in [7, 11) is 1.25. The first kappa shape index (κ1) is 11.8. The third-order valence-corrected chi connectivity index (χ3v) is 3.28. The smallest absolute Gasteiger partial charge is 0.261 e. The number of aromatic hydroxyl groups is 1. The molecular weight excluding hydrogens is 238 g/mol. The molecule has 0 aliphatic carbocycles. The highest BCUT2D eigenvalue weighted by molar-refractivity contribution is 8.13. The third-order valence-electron chi connectivity index (χ3n) is 1.95. The van der Waals surface area contributed by atoms with Gasteiger partial charge in [0.25, 0.3) is 9.05 Å². The maximum absolute atomic E-state index is 11.0. The number of phenols is 1. The largest absolute Gasteiger partial charge is 0.507 e. The van der Waals surface area contributed by atoms with Crippen LogP contribution in [0.5, 0.6) is 5.75 Å². The molecule has 1 N–H and O–H groups in total. The molecule has 1 rings (SSSR count). The second kappa shape index (κ2) is 4.09. The first-order valence-electron chi connectivity index (χ1n) is 4.10. The number of rotatable bonds is 2. The van der Waals surface area contributed by atoms with Crippen molar-refractivity contribution in [1.29, 1.82) is 5.26 Å². The van der Waals surface area contributed by atoms with Gasteiger partial charge in [-0.05, 0) is 18.1 Å². The Morgan fingerprint density at radius 1 is 1.53 bits per heavy atom. The number of phenolic OH excluding ortho intramolecular Hbond substituents is 1. The normalized spacial score (nSPS) is 11.0. The molecule has 6 heteroatoms. The molecule has 0 amide bonds. The molecule has 0 fully saturated rings. The maximum atomic E-state index is 11.0. The van der Waals surface area contributed by atoms with Crippen molar-refractivity contribution in [3.8, 4) is 11.8 Å². The first-order valence-corrected chi connectivity index (χ1v) is 6.41. The van der Waals surface area contributed by atoms with E-state index in [4.69, 9.17) is 15.9 Å². The molecule has 0 saturated heterocycles. The highest BCUT2D eigenvalue weighted by atomic mass is 35.7. The molecule has 80 valence electrons. The van der Waals surface area contributed by atoms with Crippen LogP contribution >= 0.6 is 10.7 Å². The van der Waals surface area contributed by atoms with E-state index in [1.54, 1.807) is 13.0 Å². The molecule has 0 spiro atoms. The average Bonchev–Trinajstić information content (AvgIpc) is 2.15. The fourth-order valence-electron chi connectivity index (χ4n) is 1.21. The molecule has 0 atom stereocenters. The van der Waals surface area contributed by atoms with Crippen molar-refractivity contribution < 1.29 is 13.5 Å². The van der Waals surface area contributed by atoms with E-state index in [0.717, 1.165) is 6.07 Å². The van der Waals surface area contributed by atoms with Gasteiger partial charge in [0.2, 0.25) is 0 Å². The van der Waals surface area contributed by atoms with Crippen molar-refractivity contribution in [2.24, 2.45) is 0 Å². The van der Waals surface area contributed by atoms with E-state index in [9.17, 15) is 13.5 Å². The van der Waals surface area contributed by atoms with Gasteiger partial charge in [0.05, 0.1) is 10.5 Å². The SMILES string of the molecule is CCc1cc(S(=O)(=O)Cl)cc(O)c1C#N. The van der Waals surface area contributed by atoms with Gasteiger partial charge in [-0.25, -0.2) is 8.42 Å². The van der Waals surface area contributed by atoms with Crippen molar-refractivity contribution in [3.63, 3.8) is 0 Å². The summed E-state index contributed by atoms with van der Waals surface area (Å²) in [6, 6.07) is 4.07. The molecular formula is C9H8ClNO3S. The van der Waals surface area contributed by atoms with Crippen LogP contribution in [-0.4, -0.2) is 13.5 Å². The Kier molecular flexibility index (Phi) is 3.22. The molecule has 0 bridgehead atoms. The van der Waals surface area contributed by atoms with E-state index in [1.165, 1.54) is 6.07 Å². The molecule has 0 aromatic heterocycles. The third kappa shape index (κ3) is 2.41. The summed E-state index contributed by atoms with van der Waals surface area (Å²) in [6.07, 6.45) is 0.441. The molecule has 0 aliphatic rings. The van der Waals surface area contributed by atoms with Gasteiger partial charge in [0.15, 0.2) is 0 Å². The number of hydrogen-bond donors (Lipinski definition) is 1. The summed E-state index contributed by atoms with van der Waals surface area (Å²) < 4.78 is 22.0. The number of aryl methyl sites for hydroxylation is 1. The number of nitrogens with zero attached hydrogens (tertiary/aromatic N) is 1.